The van der Waals surface area contributed by atoms with Crippen LogP contribution in [0.3, 0.4) is 0 Å². The zero-order chi connectivity index (χ0) is 14.7. The predicted molar refractivity (Wildman–Crippen MR) is 81.3 cm³/mol. The number of oxazole rings is 1. The van der Waals surface area contributed by atoms with Crippen LogP contribution in [0, 0.1) is 0 Å². The summed E-state index contributed by atoms with van der Waals surface area (Å²) in [5, 5.41) is 0. The Morgan fingerprint density at radius 1 is 1.19 bits per heavy atom. The Bertz CT molecular complexity index is 432. The van der Waals surface area contributed by atoms with E-state index in [0.717, 1.165) is 50.5 Å². The van der Waals surface area contributed by atoms with Crippen LogP contribution < -0.4 is 0 Å². The first-order valence-electron chi connectivity index (χ1n) is 8.21. The van der Waals surface area contributed by atoms with Crippen LogP contribution in [0.25, 0.3) is 0 Å². The second kappa shape index (κ2) is 6.90. The first kappa shape index (κ1) is 15.0. The summed E-state index contributed by atoms with van der Waals surface area (Å²) < 4.78 is 11.0. The van der Waals surface area contributed by atoms with E-state index in [-0.39, 0.29) is 0 Å². The van der Waals surface area contributed by atoms with Crippen molar-refractivity contribution in [3.05, 3.63) is 17.8 Å². The molecule has 5 heteroatoms. The fraction of sp³-hybridized carbons (Fsp3) is 0.812. The van der Waals surface area contributed by atoms with Gasteiger partial charge in [-0.2, -0.15) is 0 Å². The fourth-order valence-corrected chi connectivity index (χ4v) is 3.23. The number of rotatable bonds is 4. The molecule has 0 spiro atoms. The molecule has 0 aliphatic carbocycles. The van der Waals surface area contributed by atoms with Gasteiger partial charge in [0, 0.05) is 57.9 Å². The maximum atomic E-state index is 5.52. The first-order valence-corrected chi connectivity index (χ1v) is 8.21. The smallest absolute Gasteiger partial charge is 0.196 e. The molecule has 0 atom stereocenters. The molecule has 0 saturated carbocycles. The summed E-state index contributed by atoms with van der Waals surface area (Å²) in [7, 11) is 0. The molecule has 0 bridgehead atoms. The largest absolute Gasteiger partial charge is 0.448 e. The third-order valence-corrected chi connectivity index (χ3v) is 4.56. The molecule has 3 rings (SSSR count). The lowest BCUT2D eigenvalue weighted by Gasteiger charge is -2.40. The average Bonchev–Trinajstić information content (AvgIpc) is 2.98. The summed E-state index contributed by atoms with van der Waals surface area (Å²) >= 11 is 0. The van der Waals surface area contributed by atoms with Gasteiger partial charge in [-0.05, 0) is 12.8 Å². The molecule has 3 heterocycles. The minimum absolute atomic E-state index is 0.365. The quantitative estimate of drug-likeness (QED) is 0.850. The second-order valence-electron chi connectivity index (χ2n) is 6.49. The van der Waals surface area contributed by atoms with Crippen molar-refractivity contribution in [1.29, 1.82) is 0 Å². The molecule has 118 valence electrons. The van der Waals surface area contributed by atoms with Crippen LogP contribution in [0.15, 0.2) is 10.7 Å². The number of ether oxygens (including phenoxy) is 1. The van der Waals surface area contributed by atoms with Gasteiger partial charge in [0.1, 0.15) is 6.26 Å². The number of aromatic nitrogens is 1. The van der Waals surface area contributed by atoms with E-state index in [9.17, 15) is 0 Å². The van der Waals surface area contributed by atoms with Crippen molar-refractivity contribution in [1.82, 2.24) is 14.8 Å². The van der Waals surface area contributed by atoms with Gasteiger partial charge in [-0.15, -0.1) is 0 Å². The van der Waals surface area contributed by atoms with E-state index in [2.05, 4.69) is 28.6 Å². The molecule has 2 aliphatic rings. The minimum Gasteiger partial charge on any atom is -0.448 e. The van der Waals surface area contributed by atoms with E-state index < -0.39 is 0 Å². The number of piperazine rings is 1. The molecule has 5 nitrogen and oxygen atoms in total. The van der Waals surface area contributed by atoms with Crippen LogP contribution >= 0.6 is 0 Å². The second-order valence-corrected chi connectivity index (χ2v) is 6.49. The lowest BCUT2D eigenvalue weighted by Crippen LogP contribution is -2.51. The third-order valence-electron chi connectivity index (χ3n) is 4.56. The summed E-state index contributed by atoms with van der Waals surface area (Å²) in [5.74, 6) is 1.22. The van der Waals surface area contributed by atoms with E-state index in [1.165, 1.54) is 25.9 Å². The van der Waals surface area contributed by atoms with Gasteiger partial charge in [0.05, 0.1) is 5.69 Å². The highest BCUT2D eigenvalue weighted by Gasteiger charge is 2.25. The molecule has 0 amide bonds. The predicted octanol–water partition coefficient (Wildman–Crippen LogP) is 2.09. The summed E-state index contributed by atoms with van der Waals surface area (Å²) in [6, 6.07) is 0.737. The van der Waals surface area contributed by atoms with Crippen LogP contribution in [-0.4, -0.2) is 60.2 Å². The fourth-order valence-electron chi connectivity index (χ4n) is 3.23. The van der Waals surface area contributed by atoms with Crippen molar-refractivity contribution in [2.45, 2.75) is 45.2 Å². The van der Waals surface area contributed by atoms with Gasteiger partial charge in [-0.3, -0.25) is 9.80 Å². The standard InChI is InChI=1S/C16H27N3O2/c1-13(2)16-17-14(12-21-16)11-18-5-7-19(8-6-18)15-3-9-20-10-4-15/h12-13,15H,3-11H2,1-2H3. The Hall–Kier alpha value is -0.910. The van der Waals surface area contributed by atoms with E-state index in [1.54, 1.807) is 0 Å². The maximum Gasteiger partial charge on any atom is 0.196 e. The highest BCUT2D eigenvalue weighted by Crippen LogP contribution is 2.18. The normalized spacial score (nSPS) is 23.0. The van der Waals surface area contributed by atoms with Gasteiger partial charge >= 0.3 is 0 Å². The summed E-state index contributed by atoms with van der Waals surface area (Å²) in [6.07, 6.45) is 4.21. The van der Waals surface area contributed by atoms with Gasteiger partial charge in [0.2, 0.25) is 0 Å². The molecule has 21 heavy (non-hydrogen) atoms. The third kappa shape index (κ3) is 3.84. The molecule has 0 N–H and O–H groups in total. The lowest BCUT2D eigenvalue weighted by molar-refractivity contribution is 0.0124. The monoisotopic (exact) mass is 293 g/mol. The van der Waals surface area contributed by atoms with Gasteiger partial charge in [-0.25, -0.2) is 4.98 Å². The highest BCUT2D eigenvalue weighted by molar-refractivity contribution is 4.99. The van der Waals surface area contributed by atoms with Gasteiger partial charge in [0.15, 0.2) is 5.89 Å². The maximum absolute atomic E-state index is 5.52. The Balaban J connectivity index is 1.46. The summed E-state index contributed by atoms with van der Waals surface area (Å²) in [6.45, 7) is 11.6. The van der Waals surface area contributed by atoms with Crippen LogP contribution in [0.2, 0.25) is 0 Å². The van der Waals surface area contributed by atoms with Crippen molar-refractivity contribution < 1.29 is 9.15 Å². The molecule has 2 fully saturated rings. The Morgan fingerprint density at radius 2 is 1.90 bits per heavy atom. The zero-order valence-electron chi connectivity index (χ0n) is 13.3. The SMILES string of the molecule is CC(C)c1nc(CN2CCN(C3CCOCC3)CC2)co1. The van der Waals surface area contributed by atoms with Crippen molar-refractivity contribution in [3.63, 3.8) is 0 Å². The van der Waals surface area contributed by atoms with E-state index in [1.807, 2.05) is 6.26 Å². The molecule has 2 saturated heterocycles. The van der Waals surface area contributed by atoms with E-state index in [0.29, 0.717) is 5.92 Å². The molecule has 0 aromatic carbocycles. The Morgan fingerprint density at radius 3 is 2.52 bits per heavy atom. The van der Waals surface area contributed by atoms with E-state index in [4.69, 9.17) is 9.15 Å². The topological polar surface area (TPSA) is 41.7 Å². The molecular formula is C16H27N3O2. The van der Waals surface area contributed by atoms with Crippen LogP contribution in [0.5, 0.6) is 0 Å². The van der Waals surface area contributed by atoms with Crippen LogP contribution in [0.4, 0.5) is 0 Å². The average molecular weight is 293 g/mol. The summed E-state index contributed by atoms with van der Waals surface area (Å²) in [4.78, 5) is 9.70. The Kier molecular flexibility index (Phi) is 4.93. The number of nitrogens with zero attached hydrogens (tertiary/aromatic N) is 3. The molecular weight excluding hydrogens is 266 g/mol. The van der Waals surface area contributed by atoms with Crippen molar-refractivity contribution in [2.75, 3.05) is 39.4 Å². The van der Waals surface area contributed by atoms with Crippen LogP contribution in [0.1, 0.15) is 44.2 Å². The molecule has 2 aliphatic heterocycles. The van der Waals surface area contributed by atoms with Crippen LogP contribution in [-0.2, 0) is 11.3 Å². The van der Waals surface area contributed by atoms with Gasteiger partial charge in [0.25, 0.3) is 0 Å². The number of hydrogen-bond donors (Lipinski definition) is 0. The van der Waals surface area contributed by atoms with Gasteiger partial charge in [-0.1, -0.05) is 13.8 Å². The molecule has 1 aromatic heterocycles. The lowest BCUT2D eigenvalue weighted by atomic mass is 10.1. The van der Waals surface area contributed by atoms with Crippen molar-refractivity contribution >= 4 is 0 Å². The summed E-state index contributed by atoms with van der Waals surface area (Å²) in [5.41, 5.74) is 1.07. The highest BCUT2D eigenvalue weighted by atomic mass is 16.5. The molecule has 1 aromatic rings. The van der Waals surface area contributed by atoms with Crippen molar-refractivity contribution in [2.24, 2.45) is 0 Å². The Labute approximate surface area is 127 Å². The van der Waals surface area contributed by atoms with E-state index >= 15 is 0 Å². The van der Waals surface area contributed by atoms with Gasteiger partial charge < -0.3 is 9.15 Å². The minimum atomic E-state index is 0.365. The molecule has 0 radical (unpaired) electrons. The van der Waals surface area contributed by atoms with Crippen molar-refractivity contribution in [3.8, 4) is 0 Å². The zero-order valence-corrected chi connectivity index (χ0v) is 13.3. The molecule has 0 unspecified atom stereocenters. The number of hydrogen-bond acceptors (Lipinski definition) is 5. The first-order chi connectivity index (χ1) is 10.2.